The number of aryl methyl sites for hydroxylation is 1. The first-order valence-corrected chi connectivity index (χ1v) is 7.48. The Hall–Kier alpha value is -1.12. The van der Waals surface area contributed by atoms with Gasteiger partial charge in [0.05, 0.1) is 0 Å². The molecule has 1 aromatic heterocycles. The first kappa shape index (κ1) is 13.3. The summed E-state index contributed by atoms with van der Waals surface area (Å²) in [6.45, 7) is 5.41. The molecule has 0 fully saturated rings. The van der Waals surface area contributed by atoms with Gasteiger partial charge in [0, 0.05) is 10.9 Å². The van der Waals surface area contributed by atoms with Crippen LogP contribution in [0.4, 0.5) is 0 Å². The Balaban J connectivity index is 2.04. The lowest BCUT2D eigenvalue weighted by molar-refractivity contribution is 0.523. The zero-order valence-corrected chi connectivity index (χ0v) is 12.0. The van der Waals surface area contributed by atoms with Crippen molar-refractivity contribution in [2.75, 3.05) is 6.54 Å². The van der Waals surface area contributed by atoms with Gasteiger partial charge in [-0.3, -0.25) is 0 Å². The minimum absolute atomic E-state index is 0.537. The fraction of sp³-hybridized carbons (Fsp3) is 0.375. The van der Waals surface area contributed by atoms with Crippen molar-refractivity contribution in [3.8, 4) is 0 Å². The van der Waals surface area contributed by atoms with Gasteiger partial charge in [-0.15, -0.1) is 11.3 Å². The van der Waals surface area contributed by atoms with E-state index in [0.717, 1.165) is 19.4 Å². The Labute approximate surface area is 114 Å². The highest BCUT2D eigenvalue weighted by atomic mass is 32.1. The summed E-state index contributed by atoms with van der Waals surface area (Å²) in [6, 6.07) is 13.6. The summed E-state index contributed by atoms with van der Waals surface area (Å²) in [7, 11) is 0. The van der Waals surface area contributed by atoms with Crippen LogP contribution >= 0.6 is 11.3 Å². The molecular weight excluding hydrogens is 238 g/mol. The molecule has 0 aliphatic heterocycles. The smallest absolute Gasteiger partial charge is 0.0156 e. The van der Waals surface area contributed by atoms with Gasteiger partial charge < -0.3 is 5.32 Å². The molecule has 0 spiro atoms. The maximum atomic E-state index is 3.60. The van der Waals surface area contributed by atoms with E-state index in [1.54, 1.807) is 0 Å². The summed E-state index contributed by atoms with van der Waals surface area (Å²) in [5.74, 6) is 0. The predicted octanol–water partition coefficient (Wildman–Crippen LogP) is 3.82. The fourth-order valence-electron chi connectivity index (χ4n) is 2.28. The van der Waals surface area contributed by atoms with Crippen LogP contribution in [0.3, 0.4) is 0 Å². The first-order chi connectivity index (χ1) is 8.79. The Morgan fingerprint density at radius 1 is 1.11 bits per heavy atom. The van der Waals surface area contributed by atoms with Crippen LogP contribution < -0.4 is 5.32 Å². The van der Waals surface area contributed by atoms with Gasteiger partial charge in [0.2, 0.25) is 0 Å². The van der Waals surface area contributed by atoms with Crippen molar-refractivity contribution in [1.82, 2.24) is 5.32 Å². The molecule has 1 N–H and O–H groups in total. The van der Waals surface area contributed by atoms with Crippen molar-refractivity contribution in [3.63, 3.8) is 0 Å². The van der Waals surface area contributed by atoms with Crippen molar-refractivity contribution in [2.24, 2.45) is 0 Å². The van der Waals surface area contributed by atoms with Crippen LogP contribution in [0.1, 0.15) is 22.9 Å². The number of likely N-dealkylation sites (N-methyl/N-ethyl adjacent to an activating group) is 1. The lowest BCUT2D eigenvalue weighted by atomic mass is 9.99. The Kier molecular flexibility index (Phi) is 4.97. The summed E-state index contributed by atoms with van der Waals surface area (Å²) < 4.78 is 0. The molecule has 0 saturated carbocycles. The molecule has 0 bridgehead atoms. The van der Waals surface area contributed by atoms with Crippen LogP contribution in [0.25, 0.3) is 0 Å². The molecule has 0 radical (unpaired) electrons. The predicted molar refractivity (Wildman–Crippen MR) is 80.4 cm³/mol. The van der Waals surface area contributed by atoms with Crippen molar-refractivity contribution in [2.45, 2.75) is 32.7 Å². The van der Waals surface area contributed by atoms with Crippen molar-refractivity contribution < 1.29 is 0 Å². The molecule has 1 heterocycles. The standard InChI is InChI=1S/C16H21NS/c1-3-17-15(12-16-9-6-10-18-16)11-14-8-5-4-7-13(14)2/h4-10,15,17H,3,11-12H2,1-2H3. The van der Waals surface area contributed by atoms with E-state index in [9.17, 15) is 0 Å². The largest absolute Gasteiger partial charge is 0.314 e. The minimum atomic E-state index is 0.537. The second-order valence-corrected chi connectivity index (χ2v) is 5.70. The molecule has 0 amide bonds. The SMILES string of the molecule is CCNC(Cc1cccs1)Cc1ccccc1C. The quantitative estimate of drug-likeness (QED) is 0.831. The molecule has 2 rings (SSSR count). The van der Waals surface area contributed by atoms with Gasteiger partial charge >= 0.3 is 0 Å². The summed E-state index contributed by atoms with van der Waals surface area (Å²) in [4.78, 5) is 1.47. The number of hydrogen-bond acceptors (Lipinski definition) is 2. The van der Waals surface area contributed by atoms with Crippen LogP contribution in [0.15, 0.2) is 41.8 Å². The average Bonchev–Trinajstić information content (AvgIpc) is 2.85. The van der Waals surface area contributed by atoms with E-state index in [-0.39, 0.29) is 0 Å². The van der Waals surface area contributed by atoms with E-state index in [1.807, 2.05) is 11.3 Å². The topological polar surface area (TPSA) is 12.0 Å². The second-order valence-electron chi connectivity index (χ2n) is 4.67. The second kappa shape index (κ2) is 6.72. The van der Waals surface area contributed by atoms with Gasteiger partial charge in [-0.25, -0.2) is 0 Å². The molecule has 0 saturated heterocycles. The lowest BCUT2D eigenvalue weighted by Gasteiger charge is -2.18. The molecule has 0 aliphatic rings. The Morgan fingerprint density at radius 3 is 2.61 bits per heavy atom. The van der Waals surface area contributed by atoms with E-state index in [2.05, 4.69) is 60.9 Å². The van der Waals surface area contributed by atoms with Crippen molar-refractivity contribution in [3.05, 3.63) is 57.8 Å². The molecule has 1 aromatic carbocycles. The third-order valence-electron chi connectivity index (χ3n) is 3.25. The molecule has 1 atom stereocenters. The van der Waals surface area contributed by atoms with Crippen LogP contribution in [-0.2, 0) is 12.8 Å². The zero-order valence-electron chi connectivity index (χ0n) is 11.1. The maximum absolute atomic E-state index is 3.60. The van der Waals surface area contributed by atoms with Crippen LogP contribution in [0.2, 0.25) is 0 Å². The van der Waals surface area contributed by atoms with Gasteiger partial charge in [-0.2, -0.15) is 0 Å². The van der Waals surface area contributed by atoms with E-state index < -0.39 is 0 Å². The van der Waals surface area contributed by atoms with E-state index in [1.165, 1.54) is 16.0 Å². The highest BCUT2D eigenvalue weighted by Gasteiger charge is 2.11. The van der Waals surface area contributed by atoms with Gasteiger partial charge in [0.15, 0.2) is 0 Å². The van der Waals surface area contributed by atoms with E-state index in [0.29, 0.717) is 6.04 Å². The zero-order chi connectivity index (χ0) is 12.8. The molecule has 0 aliphatic carbocycles. The van der Waals surface area contributed by atoms with Gasteiger partial charge in [-0.1, -0.05) is 37.3 Å². The van der Waals surface area contributed by atoms with E-state index in [4.69, 9.17) is 0 Å². The third-order valence-corrected chi connectivity index (χ3v) is 4.15. The number of thiophene rings is 1. The van der Waals surface area contributed by atoms with Crippen molar-refractivity contribution >= 4 is 11.3 Å². The van der Waals surface area contributed by atoms with Gasteiger partial charge in [-0.05, 0) is 48.9 Å². The number of benzene rings is 1. The van der Waals surface area contributed by atoms with Crippen LogP contribution in [-0.4, -0.2) is 12.6 Å². The molecule has 2 heteroatoms. The lowest BCUT2D eigenvalue weighted by Crippen LogP contribution is -2.33. The Bertz CT molecular complexity index is 462. The normalized spacial score (nSPS) is 12.6. The molecule has 1 nitrogen and oxygen atoms in total. The minimum Gasteiger partial charge on any atom is -0.314 e. The molecular formula is C16H21NS. The molecule has 96 valence electrons. The van der Waals surface area contributed by atoms with Gasteiger partial charge in [0.25, 0.3) is 0 Å². The number of rotatable bonds is 6. The van der Waals surface area contributed by atoms with Crippen LogP contribution in [0.5, 0.6) is 0 Å². The van der Waals surface area contributed by atoms with Crippen LogP contribution in [0, 0.1) is 6.92 Å². The maximum Gasteiger partial charge on any atom is 0.0156 e. The highest BCUT2D eigenvalue weighted by Crippen LogP contribution is 2.15. The number of nitrogens with one attached hydrogen (secondary N) is 1. The number of hydrogen-bond donors (Lipinski definition) is 1. The average molecular weight is 259 g/mol. The molecule has 1 unspecified atom stereocenters. The van der Waals surface area contributed by atoms with E-state index >= 15 is 0 Å². The van der Waals surface area contributed by atoms with Gasteiger partial charge in [0.1, 0.15) is 0 Å². The molecule has 18 heavy (non-hydrogen) atoms. The summed E-state index contributed by atoms with van der Waals surface area (Å²) in [5.41, 5.74) is 2.85. The summed E-state index contributed by atoms with van der Waals surface area (Å²) in [5, 5.41) is 5.76. The fourth-order valence-corrected chi connectivity index (χ4v) is 3.07. The summed E-state index contributed by atoms with van der Waals surface area (Å²) >= 11 is 1.85. The van der Waals surface area contributed by atoms with Crippen molar-refractivity contribution in [1.29, 1.82) is 0 Å². The highest BCUT2D eigenvalue weighted by molar-refractivity contribution is 7.09. The summed E-state index contributed by atoms with van der Waals surface area (Å²) in [6.07, 6.45) is 2.23. The molecule has 2 aromatic rings. The Morgan fingerprint density at radius 2 is 1.94 bits per heavy atom. The monoisotopic (exact) mass is 259 g/mol. The third kappa shape index (κ3) is 3.69. The first-order valence-electron chi connectivity index (χ1n) is 6.60.